The Morgan fingerprint density at radius 2 is 2.13 bits per heavy atom. The van der Waals surface area contributed by atoms with E-state index in [4.69, 9.17) is 4.74 Å². The summed E-state index contributed by atoms with van der Waals surface area (Å²) in [7, 11) is 1.70. The van der Waals surface area contributed by atoms with E-state index in [9.17, 15) is 5.11 Å². The fourth-order valence-corrected chi connectivity index (χ4v) is 7.98. The molecule has 6 nitrogen and oxygen atoms in total. The van der Waals surface area contributed by atoms with Gasteiger partial charge in [0, 0.05) is 7.11 Å². The van der Waals surface area contributed by atoms with Crippen LogP contribution in [0.25, 0.3) is 0 Å². The molecule has 0 spiro atoms. The Balaban J connectivity index is 1.33. The van der Waals surface area contributed by atoms with E-state index in [1.807, 2.05) is 0 Å². The summed E-state index contributed by atoms with van der Waals surface area (Å²) < 4.78 is 5.31. The van der Waals surface area contributed by atoms with E-state index in [2.05, 4.69) is 35.0 Å². The summed E-state index contributed by atoms with van der Waals surface area (Å²) in [6, 6.07) is 0. The molecule has 3 fully saturated rings. The maximum atomic E-state index is 10.9. The second kappa shape index (κ2) is 7.56. The minimum absolute atomic E-state index is 0.343. The van der Waals surface area contributed by atoms with Crippen molar-refractivity contribution in [3.05, 3.63) is 30.1 Å². The molecule has 0 aromatic carbocycles. The van der Waals surface area contributed by atoms with Crippen LogP contribution in [0.15, 0.2) is 30.1 Å². The van der Waals surface area contributed by atoms with Crippen molar-refractivity contribution in [1.29, 1.82) is 0 Å². The van der Waals surface area contributed by atoms with E-state index in [-0.39, 0.29) is 0 Å². The van der Waals surface area contributed by atoms with E-state index in [1.165, 1.54) is 49.6 Å². The first-order valence-electron chi connectivity index (χ1n) is 11.7. The van der Waals surface area contributed by atoms with Gasteiger partial charge in [-0.15, -0.1) is 10.2 Å². The van der Waals surface area contributed by atoms with Crippen LogP contribution in [0.5, 0.6) is 0 Å². The summed E-state index contributed by atoms with van der Waals surface area (Å²) in [6.45, 7) is 8.14. The number of aromatic nitrogens is 4. The summed E-state index contributed by atoms with van der Waals surface area (Å²) in [6.07, 6.45) is 13.1. The molecule has 1 heterocycles. The molecule has 0 aliphatic heterocycles. The standard InChI is InChI=1S/C24H36N4O2/c1-16(13-28-26-15-25-27-28)21-6-7-22-20-5-4-17-12-24(29,14-30-3)11-9-18(17)19(20)8-10-23(21,22)2/h4,15,18-22,29H,1,5-14H2,2-3H3/t18-,19+,20+,21+,22-,23+,24+/m0/s1. The first-order chi connectivity index (χ1) is 14.4. The topological polar surface area (TPSA) is 73.1 Å². The minimum atomic E-state index is -0.654. The predicted octanol–water partition coefficient (Wildman–Crippen LogP) is 3.80. The number of nitrogens with zero attached hydrogens (tertiary/aromatic N) is 4. The van der Waals surface area contributed by atoms with E-state index in [0.717, 1.165) is 37.0 Å². The molecule has 5 rings (SSSR count). The highest BCUT2D eigenvalue weighted by molar-refractivity contribution is 5.23. The molecule has 7 atom stereocenters. The highest BCUT2D eigenvalue weighted by atomic mass is 16.5. The first kappa shape index (κ1) is 20.4. The van der Waals surface area contributed by atoms with Gasteiger partial charge in [-0.3, -0.25) is 0 Å². The monoisotopic (exact) mass is 412 g/mol. The van der Waals surface area contributed by atoms with Gasteiger partial charge in [0.25, 0.3) is 0 Å². The van der Waals surface area contributed by atoms with Crippen molar-refractivity contribution in [2.45, 2.75) is 70.4 Å². The van der Waals surface area contributed by atoms with Crippen LogP contribution in [0.3, 0.4) is 0 Å². The van der Waals surface area contributed by atoms with Gasteiger partial charge in [0.05, 0.1) is 18.8 Å². The zero-order valence-corrected chi connectivity index (χ0v) is 18.5. The van der Waals surface area contributed by atoms with Gasteiger partial charge in [-0.2, -0.15) is 4.80 Å². The highest BCUT2D eigenvalue weighted by Crippen LogP contribution is 2.64. The molecule has 1 N–H and O–H groups in total. The van der Waals surface area contributed by atoms with Crippen molar-refractivity contribution in [3.63, 3.8) is 0 Å². The Hall–Kier alpha value is -1.53. The second-order valence-electron chi connectivity index (χ2n) is 10.7. The molecule has 30 heavy (non-hydrogen) atoms. The summed E-state index contributed by atoms with van der Waals surface area (Å²) >= 11 is 0. The minimum Gasteiger partial charge on any atom is -0.387 e. The Morgan fingerprint density at radius 1 is 1.27 bits per heavy atom. The Kier molecular flexibility index (Phi) is 5.13. The molecule has 1 aromatic heterocycles. The average molecular weight is 413 g/mol. The maximum Gasteiger partial charge on any atom is 0.162 e. The van der Waals surface area contributed by atoms with Crippen LogP contribution in [-0.2, 0) is 11.3 Å². The van der Waals surface area contributed by atoms with Crippen LogP contribution in [0.4, 0.5) is 0 Å². The lowest BCUT2D eigenvalue weighted by atomic mass is 9.51. The van der Waals surface area contributed by atoms with Gasteiger partial charge >= 0.3 is 0 Å². The van der Waals surface area contributed by atoms with E-state index < -0.39 is 5.60 Å². The molecule has 1 aromatic rings. The summed E-state index contributed by atoms with van der Waals surface area (Å²) in [5, 5.41) is 23.0. The summed E-state index contributed by atoms with van der Waals surface area (Å²) in [5.74, 6) is 3.58. The number of ether oxygens (including phenoxy) is 1. The summed E-state index contributed by atoms with van der Waals surface area (Å²) in [4.78, 5) is 1.67. The molecule has 6 heteroatoms. The van der Waals surface area contributed by atoms with Crippen LogP contribution < -0.4 is 0 Å². The normalized spacial score (nSPS) is 42.8. The van der Waals surface area contributed by atoms with Crippen molar-refractivity contribution < 1.29 is 9.84 Å². The number of tetrazole rings is 1. The van der Waals surface area contributed by atoms with Crippen molar-refractivity contribution in [3.8, 4) is 0 Å². The zero-order valence-electron chi connectivity index (χ0n) is 18.5. The predicted molar refractivity (Wildman–Crippen MR) is 114 cm³/mol. The van der Waals surface area contributed by atoms with E-state index in [0.29, 0.717) is 30.4 Å². The quantitative estimate of drug-likeness (QED) is 0.745. The van der Waals surface area contributed by atoms with Crippen LogP contribution in [0.1, 0.15) is 58.3 Å². The van der Waals surface area contributed by atoms with Gasteiger partial charge in [-0.1, -0.05) is 30.7 Å². The maximum absolute atomic E-state index is 10.9. The number of fused-ring (bicyclic) bond motifs is 5. The Morgan fingerprint density at radius 3 is 2.90 bits per heavy atom. The SMILES string of the molecule is C=C(Cn1ncnn1)[C@H]1CC[C@H]2[C@@H]3CC=C4C[C@@](O)(COC)CC[C@@H]4[C@H]3CC[C@]12C. The highest BCUT2D eigenvalue weighted by Gasteiger charge is 2.56. The van der Waals surface area contributed by atoms with Crippen molar-refractivity contribution in [1.82, 2.24) is 20.2 Å². The van der Waals surface area contributed by atoms with Gasteiger partial charge < -0.3 is 9.84 Å². The lowest BCUT2D eigenvalue weighted by Crippen LogP contribution is -2.48. The molecular formula is C24H36N4O2. The largest absolute Gasteiger partial charge is 0.387 e. The number of hydrogen-bond acceptors (Lipinski definition) is 5. The smallest absolute Gasteiger partial charge is 0.162 e. The molecule has 164 valence electrons. The molecule has 4 aliphatic carbocycles. The molecule has 0 radical (unpaired) electrons. The third kappa shape index (κ3) is 3.27. The molecule has 3 saturated carbocycles. The number of aliphatic hydroxyl groups is 1. The van der Waals surface area contributed by atoms with Gasteiger partial charge in [0.15, 0.2) is 6.33 Å². The van der Waals surface area contributed by atoms with Gasteiger partial charge in [-0.05, 0) is 91.6 Å². The fourth-order valence-electron chi connectivity index (χ4n) is 7.98. The summed E-state index contributed by atoms with van der Waals surface area (Å²) in [5.41, 5.74) is 2.47. The average Bonchev–Trinajstić information content (AvgIpc) is 3.34. The van der Waals surface area contributed by atoms with Gasteiger partial charge in [-0.25, -0.2) is 0 Å². The molecule has 4 aliphatic rings. The lowest BCUT2D eigenvalue weighted by Gasteiger charge is -2.54. The van der Waals surface area contributed by atoms with Crippen molar-refractivity contribution in [2.24, 2.45) is 35.0 Å². The van der Waals surface area contributed by atoms with Crippen molar-refractivity contribution >= 4 is 0 Å². The van der Waals surface area contributed by atoms with E-state index >= 15 is 0 Å². The first-order valence-corrected chi connectivity index (χ1v) is 11.7. The number of rotatable bonds is 5. The van der Waals surface area contributed by atoms with Crippen LogP contribution in [0.2, 0.25) is 0 Å². The lowest BCUT2D eigenvalue weighted by molar-refractivity contribution is -0.0676. The second-order valence-corrected chi connectivity index (χ2v) is 10.7. The van der Waals surface area contributed by atoms with Gasteiger partial charge in [0.2, 0.25) is 0 Å². The third-order valence-electron chi connectivity index (χ3n) is 9.23. The van der Waals surface area contributed by atoms with Crippen LogP contribution in [-0.4, -0.2) is 44.6 Å². The van der Waals surface area contributed by atoms with E-state index in [1.54, 1.807) is 11.9 Å². The molecule has 0 saturated heterocycles. The Labute approximate surface area is 179 Å². The third-order valence-corrected chi connectivity index (χ3v) is 9.23. The Bertz CT molecular complexity index is 821. The molecular weight excluding hydrogens is 376 g/mol. The number of methoxy groups -OCH3 is 1. The van der Waals surface area contributed by atoms with Gasteiger partial charge in [0.1, 0.15) is 0 Å². The molecule has 0 amide bonds. The zero-order chi connectivity index (χ0) is 20.9. The van der Waals surface area contributed by atoms with Crippen LogP contribution in [0, 0.1) is 35.0 Å². The number of hydrogen-bond donors (Lipinski definition) is 1. The molecule has 0 bridgehead atoms. The van der Waals surface area contributed by atoms with Crippen LogP contribution >= 0.6 is 0 Å². The fraction of sp³-hybridized carbons (Fsp3) is 0.792. The number of allylic oxidation sites excluding steroid dienone is 2. The molecule has 0 unspecified atom stereocenters. The van der Waals surface area contributed by atoms with Crippen molar-refractivity contribution in [2.75, 3.05) is 13.7 Å².